The zero-order valence-electron chi connectivity index (χ0n) is 8.03. The molecule has 2 aromatic carbocycles. The van der Waals surface area contributed by atoms with E-state index in [-0.39, 0.29) is 6.61 Å². The van der Waals surface area contributed by atoms with Gasteiger partial charge in [0.25, 0.3) is 0 Å². The van der Waals surface area contributed by atoms with E-state index in [0.717, 1.165) is 22.1 Å². The molecule has 1 N–H and O–H groups in total. The standard InChI is InChI=1S/C12H12O2/c1-14-12-10(8-13)7-6-9-4-2-3-5-11(9)12/h2-7,13H,8H2,1H3. The molecule has 2 heteroatoms. The number of hydrogen-bond acceptors (Lipinski definition) is 2. The van der Waals surface area contributed by atoms with Crippen LogP contribution in [0.5, 0.6) is 5.75 Å². The molecule has 2 aromatic rings. The number of hydrogen-bond donors (Lipinski definition) is 1. The van der Waals surface area contributed by atoms with Crippen molar-refractivity contribution >= 4 is 10.8 Å². The van der Waals surface area contributed by atoms with Crippen molar-refractivity contribution in [2.45, 2.75) is 6.61 Å². The molecule has 0 aliphatic carbocycles. The van der Waals surface area contributed by atoms with E-state index >= 15 is 0 Å². The van der Waals surface area contributed by atoms with E-state index in [1.54, 1.807) is 7.11 Å². The maximum Gasteiger partial charge on any atom is 0.132 e. The summed E-state index contributed by atoms with van der Waals surface area (Å²) in [6.45, 7) is 0.00794. The Labute approximate surface area is 82.8 Å². The highest BCUT2D eigenvalue weighted by molar-refractivity contribution is 5.89. The second-order valence-corrected chi connectivity index (χ2v) is 3.14. The van der Waals surface area contributed by atoms with Gasteiger partial charge < -0.3 is 9.84 Å². The summed E-state index contributed by atoms with van der Waals surface area (Å²) in [5.74, 6) is 0.769. The molecule has 0 bridgehead atoms. The third-order valence-electron chi connectivity index (χ3n) is 2.34. The normalized spacial score (nSPS) is 10.4. The van der Waals surface area contributed by atoms with Gasteiger partial charge in [-0.05, 0) is 5.39 Å². The minimum Gasteiger partial charge on any atom is -0.496 e. The molecular weight excluding hydrogens is 176 g/mol. The van der Waals surface area contributed by atoms with Crippen LogP contribution in [0.1, 0.15) is 5.56 Å². The van der Waals surface area contributed by atoms with Gasteiger partial charge in [0.15, 0.2) is 0 Å². The van der Waals surface area contributed by atoms with Crippen LogP contribution in [0.2, 0.25) is 0 Å². The van der Waals surface area contributed by atoms with Gasteiger partial charge in [-0.3, -0.25) is 0 Å². The van der Waals surface area contributed by atoms with Crippen molar-refractivity contribution in [2.24, 2.45) is 0 Å². The fourth-order valence-electron chi connectivity index (χ4n) is 1.65. The van der Waals surface area contributed by atoms with Gasteiger partial charge in [0.2, 0.25) is 0 Å². The zero-order valence-corrected chi connectivity index (χ0v) is 8.03. The lowest BCUT2D eigenvalue weighted by Crippen LogP contribution is -1.92. The van der Waals surface area contributed by atoms with Crippen molar-refractivity contribution < 1.29 is 9.84 Å². The molecule has 72 valence electrons. The Morgan fingerprint density at radius 2 is 1.93 bits per heavy atom. The highest BCUT2D eigenvalue weighted by atomic mass is 16.5. The SMILES string of the molecule is COc1c(CO)ccc2ccccc12. The second kappa shape index (κ2) is 3.68. The van der Waals surface area contributed by atoms with E-state index in [0.29, 0.717) is 0 Å². The van der Waals surface area contributed by atoms with Gasteiger partial charge in [0.1, 0.15) is 5.75 Å². The van der Waals surface area contributed by atoms with Crippen molar-refractivity contribution in [1.29, 1.82) is 0 Å². The van der Waals surface area contributed by atoms with Crippen LogP contribution < -0.4 is 4.74 Å². The first-order valence-corrected chi connectivity index (χ1v) is 4.52. The average Bonchev–Trinajstić information content (AvgIpc) is 2.27. The molecule has 0 radical (unpaired) electrons. The molecule has 0 aromatic heterocycles. The van der Waals surface area contributed by atoms with Gasteiger partial charge >= 0.3 is 0 Å². The molecule has 0 heterocycles. The third-order valence-corrected chi connectivity index (χ3v) is 2.34. The van der Waals surface area contributed by atoms with Crippen LogP contribution in [-0.2, 0) is 6.61 Å². The van der Waals surface area contributed by atoms with E-state index in [2.05, 4.69) is 0 Å². The lowest BCUT2D eigenvalue weighted by molar-refractivity contribution is 0.274. The zero-order chi connectivity index (χ0) is 9.97. The molecule has 0 atom stereocenters. The summed E-state index contributed by atoms with van der Waals surface area (Å²) in [4.78, 5) is 0. The van der Waals surface area contributed by atoms with Crippen molar-refractivity contribution in [2.75, 3.05) is 7.11 Å². The van der Waals surface area contributed by atoms with Crippen LogP contribution in [0.15, 0.2) is 36.4 Å². The minimum atomic E-state index is 0.00794. The smallest absolute Gasteiger partial charge is 0.132 e. The number of fused-ring (bicyclic) bond motifs is 1. The molecule has 0 spiro atoms. The Kier molecular flexibility index (Phi) is 2.37. The van der Waals surface area contributed by atoms with E-state index in [1.807, 2.05) is 36.4 Å². The van der Waals surface area contributed by atoms with Gasteiger partial charge in [-0.25, -0.2) is 0 Å². The summed E-state index contributed by atoms with van der Waals surface area (Å²) < 4.78 is 5.29. The predicted octanol–water partition coefficient (Wildman–Crippen LogP) is 2.34. The van der Waals surface area contributed by atoms with Crippen molar-refractivity contribution in [3.05, 3.63) is 42.0 Å². The largest absolute Gasteiger partial charge is 0.496 e. The van der Waals surface area contributed by atoms with E-state index in [1.165, 1.54) is 0 Å². The molecule has 0 amide bonds. The molecular formula is C12H12O2. The van der Waals surface area contributed by atoms with Crippen LogP contribution in [0.3, 0.4) is 0 Å². The minimum absolute atomic E-state index is 0.00794. The van der Waals surface area contributed by atoms with E-state index in [4.69, 9.17) is 9.84 Å². The first-order chi connectivity index (χ1) is 6.86. The molecule has 0 saturated carbocycles. The second-order valence-electron chi connectivity index (χ2n) is 3.14. The molecule has 0 unspecified atom stereocenters. The molecule has 0 aliphatic heterocycles. The number of aliphatic hydroxyl groups excluding tert-OH is 1. The Morgan fingerprint density at radius 3 is 2.64 bits per heavy atom. The number of aliphatic hydroxyl groups is 1. The van der Waals surface area contributed by atoms with Crippen LogP contribution in [0, 0.1) is 0 Å². The number of ether oxygens (including phenoxy) is 1. The van der Waals surface area contributed by atoms with Gasteiger partial charge in [-0.1, -0.05) is 36.4 Å². The maximum atomic E-state index is 9.13. The van der Waals surface area contributed by atoms with Crippen LogP contribution in [0.25, 0.3) is 10.8 Å². The summed E-state index contributed by atoms with van der Waals surface area (Å²) >= 11 is 0. The maximum absolute atomic E-state index is 9.13. The Morgan fingerprint density at radius 1 is 1.14 bits per heavy atom. The molecule has 0 saturated heterocycles. The number of benzene rings is 2. The summed E-state index contributed by atoms with van der Waals surface area (Å²) in [5.41, 5.74) is 0.825. The summed E-state index contributed by atoms with van der Waals surface area (Å²) in [7, 11) is 1.63. The monoisotopic (exact) mass is 188 g/mol. The first-order valence-electron chi connectivity index (χ1n) is 4.52. The quantitative estimate of drug-likeness (QED) is 0.783. The van der Waals surface area contributed by atoms with Gasteiger partial charge in [0.05, 0.1) is 13.7 Å². The lowest BCUT2D eigenvalue weighted by Gasteiger charge is -2.09. The predicted molar refractivity (Wildman–Crippen MR) is 56.4 cm³/mol. The molecule has 0 aliphatic rings. The first kappa shape index (κ1) is 9.03. The summed E-state index contributed by atoms with van der Waals surface area (Å²) in [6, 6.07) is 11.9. The Hall–Kier alpha value is -1.54. The van der Waals surface area contributed by atoms with E-state index < -0.39 is 0 Å². The third kappa shape index (κ3) is 1.34. The number of rotatable bonds is 2. The molecule has 14 heavy (non-hydrogen) atoms. The van der Waals surface area contributed by atoms with Crippen LogP contribution >= 0.6 is 0 Å². The van der Waals surface area contributed by atoms with Crippen molar-refractivity contribution in [3.63, 3.8) is 0 Å². The Bertz CT molecular complexity index is 449. The number of methoxy groups -OCH3 is 1. The molecule has 2 rings (SSSR count). The summed E-state index contributed by atoms with van der Waals surface area (Å²) in [5, 5.41) is 11.3. The molecule has 2 nitrogen and oxygen atoms in total. The van der Waals surface area contributed by atoms with Gasteiger partial charge in [0, 0.05) is 10.9 Å². The van der Waals surface area contributed by atoms with Gasteiger partial charge in [-0.2, -0.15) is 0 Å². The summed E-state index contributed by atoms with van der Waals surface area (Å²) in [6.07, 6.45) is 0. The molecule has 0 fully saturated rings. The van der Waals surface area contributed by atoms with E-state index in [9.17, 15) is 0 Å². The lowest BCUT2D eigenvalue weighted by atomic mass is 10.1. The van der Waals surface area contributed by atoms with Crippen molar-refractivity contribution in [3.8, 4) is 5.75 Å². The average molecular weight is 188 g/mol. The highest BCUT2D eigenvalue weighted by Gasteiger charge is 2.05. The topological polar surface area (TPSA) is 29.5 Å². The highest BCUT2D eigenvalue weighted by Crippen LogP contribution is 2.29. The fraction of sp³-hybridized carbons (Fsp3) is 0.167. The van der Waals surface area contributed by atoms with Gasteiger partial charge in [-0.15, -0.1) is 0 Å². The fourth-order valence-corrected chi connectivity index (χ4v) is 1.65. The van der Waals surface area contributed by atoms with Crippen LogP contribution in [-0.4, -0.2) is 12.2 Å². The van der Waals surface area contributed by atoms with Crippen molar-refractivity contribution in [1.82, 2.24) is 0 Å². The van der Waals surface area contributed by atoms with Crippen LogP contribution in [0.4, 0.5) is 0 Å². The Balaban J connectivity index is 2.77.